The fraction of sp³-hybridized carbons (Fsp3) is 0.100. The number of imide groups is 1. The Morgan fingerprint density at radius 3 is 2.19 bits per heavy atom. The van der Waals surface area contributed by atoms with E-state index >= 15 is 0 Å². The average Bonchev–Trinajstić information content (AvgIpc) is 3.07. The van der Waals surface area contributed by atoms with Crippen LogP contribution in [0.15, 0.2) is 59.1 Å². The highest BCUT2D eigenvalue weighted by atomic mass is 79.9. The number of halogens is 1. The number of hydrogen-bond acceptors (Lipinski definition) is 4. The quantitative estimate of drug-likeness (QED) is 0.600. The number of amides is 2. The van der Waals surface area contributed by atoms with E-state index in [0.29, 0.717) is 28.0 Å². The topological polar surface area (TPSA) is 55.8 Å². The van der Waals surface area contributed by atoms with E-state index in [4.69, 9.17) is 9.47 Å². The zero-order chi connectivity index (χ0) is 17.8. The summed E-state index contributed by atoms with van der Waals surface area (Å²) in [4.78, 5) is 27.1. The molecule has 0 radical (unpaired) electrons. The average molecular weight is 410 g/mol. The number of carbonyl (C=O) groups excluding carboxylic acids is 2. The molecule has 0 atom stereocenters. The first-order valence-electron chi connectivity index (χ1n) is 8.13. The van der Waals surface area contributed by atoms with Crippen molar-refractivity contribution in [3.8, 4) is 11.5 Å². The minimum absolute atomic E-state index is 0.0260. The first kappa shape index (κ1) is 15.4. The fourth-order valence-corrected chi connectivity index (χ4v) is 3.91. The summed E-state index contributed by atoms with van der Waals surface area (Å²) in [6.07, 6.45) is -0.712. The van der Waals surface area contributed by atoms with Gasteiger partial charge in [-0.1, -0.05) is 40.2 Å². The van der Waals surface area contributed by atoms with Crippen LogP contribution in [0.3, 0.4) is 0 Å². The summed E-state index contributed by atoms with van der Waals surface area (Å²) in [7, 11) is 0. The molecule has 6 heteroatoms. The molecular formula is C20H12BrNO4. The van der Waals surface area contributed by atoms with E-state index in [1.165, 1.54) is 4.90 Å². The molecule has 5 nitrogen and oxygen atoms in total. The summed E-state index contributed by atoms with van der Waals surface area (Å²) in [5, 5.41) is 1.53. The van der Waals surface area contributed by atoms with Gasteiger partial charge in [0.05, 0.1) is 0 Å². The summed E-state index contributed by atoms with van der Waals surface area (Å²) < 4.78 is 12.3. The van der Waals surface area contributed by atoms with Crippen molar-refractivity contribution in [3.63, 3.8) is 0 Å². The molecule has 0 bridgehead atoms. The number of ether oxygens (including phenoxy) is 2. The predicted octanol–water partition coefficient (Wildman–Crippen LogP) is 4.00. The smallest absolute Gasteiger partial charge is 0.261 e. The molecule has 2 aliphatic heterocycles. The first-order chi connectivity index (χ1) is 12.6. The highest BCUT2D eigenvalue weighted by molar-refractivity contribution is 9.10. The number of carbonyl (C=O) groups is 2. The van der Waals surface area contributed by atoms with Gasteiger partial charge in [0.1, 0.15) is 6.54 Å². The Bertz CT molecular complexity index is 1050. The van der Waals surface area contributed by atoms with E-state index in [2.05, 4.69) is 15.9 Å². The van der Waals surface area contributed by atoms with E-state index < -0.39 is 6.29 Å². The molecule has 0 aromatic heterocycles. The van der Waals surface area contributed by atoms with Crippen LogP contribution >= 0.6 is 15.9 Å². The van der Waals surface area contributed by atoms with Crippen molar-refractivity contribution in [2.75, 3.05) is 6.54 Å². The van der Waals surface area contributed by atoms with Crippen LogP contribution in [0.2, 0.25) is 0 Å². The second-order valence-corrected chi connectivity index (χ2v) is 7.01. The van der Waals surface area contributed by atoms with Crippen molar-refractivity contribution in [2.45, 2.75) is 6.29 Å². The van der Waals surface area contributed by atoms with Crippen LogP contribution in [-0.2, 0) is 0 Å². The van der Waals surface area contributed by atoms with Gasteiger partial charge in [0.25, 0.3) is 18.1 Å². The highest BCUT2D eigenvalue weighted by Gasteiger charge is 2.37. The van der Waals surface area contributed by atoms with Crippen LogP contribution < -0.4 is 9.47 Å². The van der Waals surface area contributed by atoms with Crippen molar-refractivity contribution in [1.29, 1.82) is 0 Å². The van der Waals surface area contributed by atoms with Gasteiger partial charge in [-0.2, -0.15) is 0 Å². The fourth-order valence-electron chi connectivity index (χ4n) is 3.45. The third-order valence-electron chi connectivity index (χ3n) is 4.64. The molecule has 0 saturated heterocycles. The molecule has 3 aromatic rings. The lowest BCUT2D eigenvalue weighted by atomic mass is 9.94. The molecule has 0 fully saturated rings. The van der Waals surface area contributed by atoms with Crippen LogP contribution in [-0.4, -0.2) is 29.5 Å². The van der Waals surface area contributed by atoms with Gasteiger partial charge >= 0.3 is 0 Å². The molecule has 0 unspecified atom stereocenters. The molecule has 128 valence electrons. The van der Waals surface area contributed by atoms with Crippen molar-refractivity contribution >= 4 is 38.5 Å². The zero-order valence-corrected chi connectivity index (χ0v) is 15.0. The van der Waals surface area contributed by atoms with Gasteiger partial charge in [0.2, 0.25) is 0 Å². The van der Waals surface area contributed by atoms with Gasteiger partial charge in [0.15, 0.2) is 11.5 Å². The Labute approximate surface area is 157 Å². The molecule has 2 aliphatic rings. The lowest BCUT2D eigenvalue weighted by Gasteiger charge is -2.28. The predicted molar refractivity (Wildman–Crippen MR) is 98.5 cm³/mol. The Kier molecular flexibility index (Phi) is 3.30. The Hall–Kier alpha value is -2.86. The van der Waals surface area contributed by atoms with Gasteiger partial charge in [-0.15, -0.1) is 0 Å². The second-order valence-electron chi connectivity index (χ2n) is 6.16. The van der Waals surface area contributed by atoms with E-state index in [9.17, 15) is 9.59 Å². The Balaban J connectivity index is 1.52. The first-order valence-corrected chi connectivity index (χ1v) is 8.92. The van der Waals surface area contributed by atoms with Gasteiger partial charge in [-0.3, -0.25) is 14.5 Å². The molecule has 5 rings (SSSR count). The lowest BCUT2D eigenvalue weighted by Crippen LogP contribution is -2.46. The van der Waals surface area contributed by atoms with Gasteiger partial charge in [-0.25, -0.2) is 0 Å². The lowest BCUT2D eigenvalue weighted by molar-refractivity contribution is 0.0141. The monoisotopic (exact) mass is 409 g/mol. The van der Waals surface area contributed by atoms with Gasteiger partial charge in [0, 0.05) is 21.0 Å². The molecule has 0 spiro atoms. The number of hydrogen-bond donors (Lipinski definition) is 0. The minimum Gasteiger partial charge on any atom is -0.449 e. The summed E-state index contributed by atoms with van der Waals surface area (Å²) in [6, 6.07) is 16.3. The van der Waals surface area contributed by atoms with Crippen molar-refractivity contribution in [3.05, 3.63) is 70.2 Å². The molecule has 2 heterocycles. The van der Waals surface area contributed by atoms with Crippen molar-refractivity contribution < 1.29 is 19.1 Å². The molecule has 0 aliphatic carbocycles. The van der Waals surface area contributed by atoms with E-state index in [0.717, 1.165) is 9.86 Å². The van der Waals surface area contributed by atoms with E-state index in [1.54, 1.807) is 24.3 Å². The van der Waals surface area contributed by atoms with Crippen LogP contribution in [0.25, 0.3) is 10.8 Å². The number of benzene rings is 3. The summed E-state index contributed by atoms with van der Waals surface area (Å²) in [5.41, 5.74) is 1.02. The second kappa shape index (κ2) is 5.57. The SMILES string of the molecule is O=C1c2cccc3c(Br)ccc(c23)C(=O)N1CC1Oc2ccccc2O1. The molecule has 0 N–H and O–H groups in total. The maximum atomic E-state index is 13.0. The number of rotatable bonds is 2. The minimum atomic E-state index is -0.712. The molecular weight excluding hydrogens is 398 g/mol. The summed E-state index contributed by atoms with van der Waals surface area (Å²) in [6.45, 7) is 0.0260. The molecule has 0 saturated carbocycles. The maximum Gasteiger partial charge on any atom is 0.261 e. The Morgan fingerprint density at radius 2 is 1.50 bits per heavy atom. The number of fused-ring (bicyclic) bond motifs is 1. The largest absolute Gasteiger partial charge is 0.449 e. The number of para-hydroxylation sites is 2. The van der Waals surface area contributed by atoms with Crippen molar-refractivity contribution in [2.24, 2.45) is 0 Å². The highest BCUT2D eigenvalue weighted by Crippen LogP contribution is 2.37. The van der Waals surface area contributed by atoms with Gasteiger partial charge < -0.3 is 9.47 Å². The number of nitrogens with zero attached hydrogens (tertiary/aromatic N) is 1. The summed E-state index contributed by atoms with van der Waals surface area (Å²) in [5.74, 6) is 0.547. The third kappa shape index (κ3) is 2.15. The van der Waals surface area contributed by atoms with Gasteiger partial charge in [-0.05, 0) is 35.7 Å². The molecule has 2 amide bonds. The maximum absolute atomic E-state index is 13.0. The third-order valence-corrected chi connectivity index (χ3v) is 5.33. The normalized spacial score (nSPS) is 15.8. The van der Waals surface area contributed by atoms with Crippen LogP contribution in [0.1, 0.15) is 20.7 Å². The van der Waals surface area contributed by atoms with E-state index in [1.807, 2.05) is 30.3 Å². The standard InChI is InChI=1S/C20H12BrNO4/c21-14-9-8-13-18-11(14)4-3-5-12(18)19(23)22(20(13)24)10-17-25-15-6-1-2-7-16(15)26-17/h1-9,17H,10H2. The van der Waals surface area contributed by atoms with Crippen LogP contribution in [0, 0.1) is 0 Å². The van der Waals surface area contributed by atoms with Crippen LogP contribution in [0.5, 0.6) is 11.5 Å². The van der Waals surface area contributed by atoms with Crippen LogP contribution in [0.4, 0.5) is 0 Å². The molecule has 26 heavy (non-hydrogen) atoms. The Morgan fingerprint density at radius 1 is 0.846 bits per heavy atom. The van der Waals surface area contributed by atoms with Crippen molar-refractivity contribution in [1.82, 2.24) is 4.90 Å². The zero-order valence-electron chi connectivity index (χ0n) is 13.4. The van der Waals surface area contributed by atoms with E-state index in [-0.39, 0.29) is 18.4 Å². The summed E-state index contributed by atoms with van der Waals surface area (Å²) >= 11 is 3.48. The molecule has 3 aromatic carbocycles.